The molecule has 0 saturated heterocycles. The molecule has 0 aromatic heterocycles. The van der Waals surface area contributed by atoms with Crippen molar-refractivity contribution in [2.45, 2.75) is 12.8 Å². The number of methoxy groups -OCH3 is 1. The van der Waals surface area contributed by atoms with Gasteiger partial charge in [0.1, 0.15) is 18.1 Å². The van der Waals surface area contributed by atoms with Gasteiger partial charge >= 0.3 is 6.18 Å². The van der Waals surface area contributed by atoms with Gasteiger partial charge in [-0.05, 0) is 35.9 Å². The van der Waals surface area contributed by atoms with E-state index < -0.39 is 11.7 Å². The molecule has 0 aliphatic rings. The highest BCUT2D eigenvalue weighted by molar-refractivity contribution is 5.49. The molecule has 2 aromatic rings. The Bertz CT molecular complexity index is 609. The third-order valence-electron chi connectivity index (χ3n) is 2.86. The molecule has 0 radical (unpaired) electrons. The van der Waals surface area contributed by atoms with Crippen LogP contribution >= 0.6 is 0 Å². The molecule has 21 heavy (non-hydrogen) atoms. The summed E-state index contributed by atoms with van der Waals surface area (Å²) in [5.74, 6) is 0.426. The maximum absolute atomic E-state index is 12.9. The van der Waals surface area contributed by atoms with E-state index in [2.05, 4.69) is 0 Å². The van der Waals surface area contributed by atoms with Crippen molar-refractivity contribution in [3.8, 4) is 11.5 Å². The van der Waals surface area contributed by atoms with Crippen LogP contribution in [0.5, 0.6) is 11.5 Å². The van der Waals surface area contributed by atoms with Crippen LogP contribution in [0.3, 0.4) is 0 Å². The summed E-state index contributed by atoms with van der Waals surface area (Å²) in [6.07, 6.45) is -4.51. The third kappa shape index (κ3) is 3.81. The standard InChI is InChI=1S/C15H14F3NO2/c1-20-12-5-2-10(3-6-12)9-21-14-7-4-11(19)8-13(14)15(16,17)18/h2-8H,9,19H2,1H3. The van der Waals surface area contributed by atoms with Gasteiger partial charge in [-0.1, -0.05) is 12.1 Å². The van der Waals surface area contributed by atoms with Crippen LogP contribution in [-0.4, -0.2) is 7.11 Å². The number of ether oxygens (including phenoxy) is 2. The number of rotatable bonds is 4. The maximum atomic E-state index is 12.9. The van der Waals surface area contributed by atoms with Crippen molar-refractivity contribution < 1.29 is 22.6 Å². The highest BCUT2D eigenvalue weighted by atomic mass is 19.4. The van der Waals surface area contributed by atoms with E-state index in [1.807, 2.05) is 0 Å². The van der Waals surface area contributed by atoms with Gasteiger partial charge in [0.05, 0.1) is 12.7 Å². The highest BCUT2D eigenvalue weighted by Gasteiger charge is 2.34. The number of benzene rings is 2. The number of alkyl halides is 3. The van der Waals surface area contributed by atoms with Crippen LogP contribution in [0.4, 0.5) is 18.9 Å². The zero-order valence-corrected chi connectivity index (χ0v) is 11.3. The van der Waals surface area contributed by atoms with Crippen LogP contribution in [0.1, 0.15) is 11.1 Å². The zero-order chi connectivity index (χ0) is 15.5. The first kappa shape index (κ1) is 15.0. The Hall–Kier alpha value is -2.37. The van der Waals surface area contributed by atoms with Crippen molar-refractivity contribution >= 4 is 5.69 Å². The van der Waals surface area contributed by atoms with Crippen molar-refractivity contribution in [1.82, 2.24) is 0 Å². The Labute approximate surface area is 120 Å². The van der Waals surface area contributed by atoms with E-state index in [1.165, 1.54) is 19.2 Å². The molecule has 0 unspecified atom stereocenters. The largest absolute Gasteiger partial charge is 0.497 e. The van der Waals surface area contributed by atoms with Crippen molar-refractivity contribution in [2.24, 2.45) is 0 Å². The maximum Gasteiger partial charge on any atom is 0.420 e. The molecular weight excluding hydrogens is 283 g/mol. The molecule has 0 heterocycles. The van der Waals surface area contributed by atoms with Gasteiger partial charge in [-0.3, -0.25) is 0 Å². The lowest BCUT2D eigenvalue weighted by Gasteiger charge is -2.14. The topological polar surface area (TPSA) is 44.5 Å². The van der Waals surface area contributed by atoms with Gasteiger partial charge in [0.15, 0.2) is 0 Å². The molecule has 2 rings (SSSR count). The first-order valence-electron chi connectivity index (χ1n) is 6.12. The molecule has 6 heteroatoms. The Balaban J connectivity index is 2.15. The van der Waals surface area contributed by atoms with E-state index in [0.717, 1.165) is 11.6 Å². The predicted octanol–water partition coefficient (Wildman–Crippen LogP) is 3.88. The van der Waals surface area contributed by atoms with E-state index >= 15 is 0 Å². The number of halogens is 3. The number of hydrogen-bond donors (Lipinski definition) is 1. The average molecular weight is 297 g/mol. The lowest BCUT2D eigenvalue weighted by Crippen LogP contribution is -2.09. The predicted molar refractivity (Wildman–Crippen MR) is 73.2 cm³/mol. The Morgan fingerprint density at radius 3 is 2.29 bits per heavy atom. The van der Waals surface area contributed by atoms with Gasteiger partial charge in [-0.2, -0.15) is 13.2 Å². The van der Waals surface area contributed by atoms with Crippen molar-refractivity contribution in [2.75, 3.05) is 12.8 Å². The van der Waals surface area contributed by atoms with Gasteiger partial charge in [-0.25, -0.2) is 0 Å². The van der Waals surface area contributed by atoms with Crippen LogP contribution in [0, 0.1) is 0 Å². The van der Waals surface area contributed by atoms with Crippen LogP contribution in [0.15, 0.2) is 42.5 Å². The second kappa shape index (κ2) is 5.95. The van der Waals surface area contributed by atoms with E-state index in [4.69, 9.17) is 15.2 Å². The summed E-state index contributed by atoms with van der Waals surface area (Å²) >= 11 is 0. The number of anilines is 1. The van der Waals surface area contributed by atoms with E-state index in [0.29, 0.717) is 5.75 Å². The molecule has 0 fully saturated rings. The molecule has 0 saturated carbocycles. The summed E-state index contributed by atoms with van der Waals surface area (Å²) in [5.41, 5.74) is 5.29. The fourth-order valence-electron chi connectivity index (χ4n) is 1.78. The first-order valence-corrected chi connectivity index (χ1v) is 6.12. The number of nitrogen functional groups attached to an aromatic ring is 1. The lowest BCUT2D eigenvalue weighted by molar-refractivity contribution is -0.139. The molecule has 0 atom stereocenters. The van der Waals surface area contributed by atoms with Gasteiger partial charge < -0.3 is 15.2 Å². The smallest absolute Gasteiger partial charge is 0.420 e. The van der Waals surface area contributed by atoms with E-state index in [9.17, 15) is 13.2 Å². The quantitative estimate of drug-likeness (QED) is 0.871. The van der Waals surface area contributed by atoms with Crippen LogP contribution < -0.4 is 15.2 Å². The summed E-state index contributed by atoms with van der Waals surface area (Å²) in [6, 6.07) is 10.3. The molecule has 0 amide bonds. The fourth-order valence-corrected chi connectivity index (χ4v) is 1.78. The van der Waals surface area contributed by atoms with Crippen molar-refractivity contribution in [3.05, 3.63) is 53.6 Å². The van der Waals surface area contributed by atoms with Gasteiger partial charge in [0, 0.05) is 5.69 Å². The second-order valence-corrected chi connectivity index (χ2v) is 4.39. The van der Waals surface area contributed by atoms with Gasteiger partial charge in [-0.15, -0.1) is 0 Å². The molecule has 2 N–H and O–H groups in total. The molecule has 0 bridgehead atoms. The molecule has 112 valence electrons. The number of hydrogen-bond acceptors (Lipinski definition) is 3. The minimum Gasteiger partial charge on any atom is -0.497 e. The molecule has 3 nitrogen and oxygen atoms in total. The summed E-state index contributed by atoms with van der Waals surface area (Å²) in [6.45, 7) is 0.0248. The second-order valence-electron chi connectivity index (χ2n) is 4.39. The van der Waals surface area contributed by atoms with Crippen LogP contribution in [0.2, 0.25) is 0 Å². The Morgan fingerprint density at radius 1 is 1.05 bits per heavy atom. The Morgan fingerprint density at radius 2 is 1.71 bits per heavy atom. The molecular formula is C15H14F3NO2. The lowest BCUT2D eigenvalue weighted by atomic mass is 10.1. The average Bonchev–Trinajstić information content (AvgIpc) is 2.45. The van der Waals surface area contributed by atoms with Gasteiger partial charge in [0.2, 0.25) is 0 Å². The highest BCUT2D eigenvalue weighted by Crippen LogP contribution is 2.37. The minimum atomic E-state index is -4.51. The molecule has 0 aliphatic heterocycles. The Kier molecular flexibility index (Phi) is 4.26. The van der Waals surface area contributed by atoms with Crippen molar-refractivity contribution in [1.29, 1.82) is 0 Å². The summed E-state index contributed by atoms with van der Waals surface area (Å²) in [4.78, 5) is 0. The van der Waals surface area contributed by atoms with Crippen LogP contribution in [-0.2, 0) is 12.8 Å². The number of nitrogens with two attached hydrogens (primary N) is 1. The summed E-state index contributed by atoms with van der Waals surface area (Å²) in [5, 5.41) is 0. The minimum absolute atomic E-state index is 0.0248. The van der Waals surface area contributed by atoms with Crippen molar-refractivity contribution in [3.63, 3.8) is 0 Å². The van der Waals surface area contributed by atoms with Crippen LogP contribution in [0.25, 0.3) is 0 Å². The monoisotopic (exact) mass is 297 g/mol. The summed E-state index contributed by atoms with van der Waals surface area (Å²) in [7, 11) is 1.54. The molecule has 0 spiro atoms. The summed E-state index contributed by atoms with van der Waals surface area (Å²) < 4.78 is 49.0. The first-order chi connectivity index (χ1) is 9.90. The van der Waals surface area contributed by atoms with Gasteiger partial charge in [0.25, 0.3) is 0 Å². The molecule has 2 aromatic carbocycles. The fraction of sp³-hybridized carbons (Fsp3) is 0.200. The normalized spacial score (nSPS) is 11.2. The van der Waals surface area contributed by atoms with E-state index in [1.54, 1.807) is 24.3 Å². The molecule has 0 aliphatic carbocycles. The SMILES string of the molecule is COc1ccc(COc2ccc(N)cc2C(F)(F)F)cc1. The zero-order valence-electron chi connectivity index (χ0n) is 11.3. The third-order valence-corrected chi connectivity index (χ3v) is 2.86. The van der Waals surface area contributed by atoms with E-state index in [-0.39, 0.29) is 18.0 Å².